The van der Waals surface area contributed by atoms with Crippen LogP contribution < -0.4 is 0 Å². The summed E-state index contributed by atoms with van der Waals surface area (Å²) in [7, 11) is 0. The van der Waals surface area contributed by atoms with Crippen molar-refractivity contribution in [3.05, 3.63) is 90.8 Å². The fraction of sp³-hybridized carbons (Fsp3) is 0. The molecule has 0 spiro atoms. The molecule has 3 rings (SSSR count). The van der Waals surface area contributed by atoms with Gasteiger partial charge in [-0.15, -0.1) is 0 Å². The first-order valence-corrected chi connectivity index (χ1v) is 6.34. The molecule has 0 saturated carbocycles. The molecule has 0 atom stereocenters. The molecule has 0 aliphatic rings. The van der Waals surface area contributed by atoms with E-state index in [2.05, 4.69) is 60.1 Å². The number of H-pyrrole nitrogens is 1. The van der Waals surface area contributed by atoms with Gasteiger partial charge in [0, 0.05) is 11.9 Å². The number of aromatic amines is 1. The molecule has 2 aromatic carbocycles. The van der Waals surface area contributed by atoms with Crippen molar-refractivity contribution >= 4 is 5.57 Å². The van der Waals surface area contributed by atoms with Gasteiger partial charge in [0.15, 0.2) is 0 Å². The molecular formula is C18H15N. The summed E-state index contributed by atoms with van der Waals surface area (Å²) in [5.74, 6) is 0. The maximum atomic E-state index is 4.22. The fourth-order valence-corrected chi connectivity index (χ4v) is 2.28. The van der Waals surface area contributed by atoms with Gasteiger partial charge in [-0.05, 0) is 34.4 Å². The molecule has 92 valence electrons. The van der Waals surface area contributed by atoms with Crippen LogP contribution in [0.4, 0.5) is 0 Å². The van der Waals surface area contributed by atoms with E-state index in [1.54, 1.807) is 0 Å². The molecule has 0 unspecified atom stereocenters. The molecule has 0 amide bonds. The Morgan fingerprint density at radius 2 is 1.53 bits per heavy atom. The van der Waals surface area contributed by atoms with Gasteiger partial charge in [-0.2, -0.15) is 0 Å². The Labute approximate surface area is 113 Å². The van der Waals surface area contributed by atoms with E-state index in [0.717, 1.165) is 16.8 Å². The van der Waals surface area contributed by atoms with Gasteiger partial charge in [0.25, 0.3) is 0 Å². The molecule has 1 heterocycles. The summed E-state index contributed by atoms with van der Waals surface area (Å²) in [6, 6.07) is 22.8. The van der Waals surface area contributed by atoms with Crippen LogP contribution in [0.1, 0.15) is 11.3 Å². The molecule has 1 N–H and O–H groups in total. The zero-order valence-corrected chi connectivity index (χ0v) is 10.6. The molecule has 0 bridgehead atoms. The van der Waals surface area contributed by atoms with Crippen LogP contribution in [-0.4, -0.2) is 4.98 Å². The molecule has 0 fully saturated rings. The van der Waals surface area contributed by atoms with Crippen molar-refractivity contribution < 1.29 is 0 Å². The zero-order chi connectivity index (χ0) is 13.1. The Bertz CT molecular complexity index is 679. The Balaban J connectivity index is 2.11. The third kappa shape index (κ3) is 2.23. The van der Waals surface area contributed by atoms with Crippen LogP contribution in [0, 0.1) is 0 Å². The second kappa shape index (κ2) is 4.99. The number of hydrogen-bond donors (Lipinski definition) is 1. The van der Waals surface area contributed by atoms with Crippen LogP contribution in [0.5, 0.6) is 0 Å². The van der Waals surface area contributed by atoms with Gasteiger partial charge in [-0.3, -0.25) is 0 Å². The first-order valence-electron chi connectivity index (χ1n) is 6.34. The minimum atomic E-state index is 1.02. The van der Waals surface area contributed by atoms with E-state index in [4.69, 9.17) is 0 Å². The summed E-state index contributed by atoms with van der Waals surface area (Å²) < 4.78 is 0. The van der Waals surface area contributed by atoms with Crippen LogP contribution in [0.15, 0.2) is 79.5 Å². The summed E-state index contributed by atoms with van der Waals surface area (Å²) in [5, 5.41) is 0. The fourth-order valence-electron chi connectivity index (χ4n) is 2.28. The lowest BCUT2D eigenvalue weighted by atomic mass is 9.94. The van der Waals surface area contributed by atoms with Gasteiger partial charge in [0.05, 0.1) is 0 Å². The van der Waals surface area contributed by atoms with Crippen LogP contribution in [-0.2, 0) is 0 Å². The summed E-state index contributed by atoms with van der Waals surface area (Å²) >= 11 is 0. The van der Waals surface area contributed by atoms with E-state index < -0.39 is 0 Å². The number of benzene rings is 2. The minimum Gasteiger partial charge on any atom is -0.361 e. The van der Waals surface area contributed by atoms with E-state index in [1.807, 2.05) is 24.4 Å². The van der Waals surface area contributed by atoms with E-state index in [9.17, 15) is 0 Å². The molecule has 0 aliphatic heterocycles. The average Bonchev–Trinajstić information content (AvgIpc) is 3.02. The molecule has 3 aromatic rings. The van der Waals surface area contributed by atoms with Crippen molar-refractivity contribution in [2.24, 2.45) is 0 Å². The number of hydrogen-bond acceptors (Lipinski definition) is 0. The first-order chi connectivity index (χ1) is 9.36. The van der Waals surface area contributed by atoms with E-state index >= 15 is 0 Å². The Morgan fingerprint density at radius 1 is 0.789 bits per heavy atom. The maximum absolute atomic E-state index is 4.22. The zero-order valence-electron chi connectivity index (χ0n) is 10.6. The highest BCUT2D eigenvalue weighted by molar-refractivity contribution is 5.86. The van der Waals surface area contributed by atoms with E-state index in [-0.39, 0.29) is 0 Å². The van der Waals surface area contributed by atoms with Gasteiger partial charge in [0.2, 0.25) is 0 Å². The van der Waals surface area contributed by atoms with Gasteiger partial charge in [0.1, 0.15) is 0 Å². The van der Waals surface area contributed by atoms with Crippen LogP contribution in [0.2, 0.25) is 0 Å². The van der Waals surface area contributed by atoms with Crippen molar-refractivity contribution in [2.75, 3.05) is 0 Å². The molecule has 1 heteroatoms. The van der Waals surface area contributed by atoms with Gasteiger partial charge in [-0.1, -0.05) is 61.2 Å². The Hall–Kier alpha value is -2.54. The third-order valence-electron chi connectivity index (χ3n) is 3.26. The standard InChI is InChI=1S/C18H15N/c1-14(18-12-7-13-19-18)16-10-5-6-11-17(16)15-8-3-2-4-9-15/h2-13,19H,1H2. The maximum Gasteiger partial charge on any atom is 0.0454 e. The monoisotopic (exact) mass is 245 g/mol. The summed E-state index contributed by atoms with van der Waals surface area (Å²) in [6.45, 7) is 4.22. The molecule has 0 aliphatic carbocycles. The third-order valence-corrected chi connectivity index (χ3v) is 3.26. The van der Waals surface area contributed by atoms with Crippen molar-refractivity contribution in [3.8, 4) is 11.1 Å². The SMILES string of the molecule is C=C(c1ccc[nH]1)c1ccccc1-c1ccccc1. The molecular weight excluding hydrogens is 230 g/mol. The molecule has 1 nitrogen and oxygen atoms in total. The summed E-state index contributed by atoms with van der Waals surface area (Å²) in [4.78, 5) is 3.21. The Morgan fingerprint density at radius 3 is 2.26 bits per heavy atom. The highest BCUT2D eigenvalue weighted by Crippen LogP contribution is 2.30. The number of aromatic nitrogens is 1. The molecule has 19 heavy (non-hydrogen) atoms. The van der Waals surface area contributed by atoms with Gasteiger partial charge < -0.3 is 4.98 Å². The quantitative estimate of drug-likeness (QED) is 0.685. The van der Waals surface area contributed by atoms with Crippen LogP contribution >= 0.6 is 0 Å². The van der Waals surface area contributed by atoms with Crippen molar-refractivity contribution in [1.29, 1.82) is 0 Å². The largest absolute Gasteiger partial charge is 0.361 e. The van der Waals surface area contributed by atoms with Gasteiger partial charge in [-0.25, -0.2) is 0 Å². The smallest absolute Gasteiger partial charge is 0.0454 e. The molecule has 1 aromatic heterocycles. The predicted octanol–water partition coefficient (Wildman–Crippen LogP) is 4.74. The second-order valence-electron chi connectivity index (χ2n) is 4.47. The topological polar surface area (TPSA) is 15.8 Å². The van der Waals surface area contributed by atoms with Gasteiger partial charge >= 0.3 is 0 Å². The minimum absolute atomic E-state index is 1.02. The van der Waals surface area contributed by atoms with Crippen LogP contribution in [0.3, 0.4) is 0 Å². The van der Waals surface area contributed by atoms with Crippen LogP contribution in [0.25, 0.3) is 16.7 Å². The second-order valence-corrected chi connectivity index (χ2v) is 4.47. The molecule has 0 radical (unpaired) electrons. The van der Waals surface area contributed by atoms with Crippen molar-refractivity contribution in [2.45, 2.75) is 0 Å². The summed E-state index contributed by atoms with van der Waals surface area (Å²) in [6.07, 6.45) is 1.92. The van der Waals surface area contributed by atoms with Crippen molar-refractivity contribution in [1.82, 2.24) is 4.98 Å². The number of rotatable bonds is 3. The van der Waals surface area contributed by atoms with Crippen molar-refractivity contribution in [3.63, 3.8) is 0 Å². The first kappa shape index (κ1) is 11.5. The van der Waals surface area contributed by atoms with E-state index in [1.165, 1.54) is 11.1 Å². The Kier molecular flexibility index (Phi) is 3.03. The lowest BCUT2D eigenvalue weighted by molar-refractivity contribution is 1.35. The van der Waals surface area contributed by atoms with E-state index in [0.29, 0.717) is 0 Å². The lowest BCUT2D eigenvalue weighted by Gasteiger charge is -2.11. The highest BCUT2D eigenvalue weighted by atomic mass is 14.7. The average molecular weight is 245 g/mol. The summed E-state index contributed by atoms with van der Waals surface area (Å²) in [5.41, 5.74) is 5.66. The normalized spacial score (nSPS) is 10.3. The number of nitrogens with one attached hydrogen (secondary N) is 1. The lowest BCUT2D eigenvalue weighted by Crippen LogP contribution is -1.90. The molecule has 0 saturated heterocycles. The highest BCUT2D eigenvalue weighted by Gasteiger charge is 2.09. The predicted molar refractivity (Wildman–Crippen MR) is 80.8 cm³/mol.